The number of para-hydroxylation sites is 1. The van der Waals surface area contributed by atoms with Crippen molar-refractivity contribution in [3.05, 3.63) is 71.1 Å². The molecule has 33 heavy (non-hydrogen) atoms. The molecule has 0 saturated carbocycles. The molecule has 0 radical (unpaired) electrons. The normalized spacial score (nSPS) is 11.7. The first-order chi connectivity index (χ1) is 15.7. The smallest absolute Gasteiger partial charge is 0.264 e. The molecule has 178 valence electrons. The number of sulfonamides is 1. The fraction of sp³-hybridized carbons (Fsp3) is 0.423. The van der Waals surface area contributed by atoms with Gasteiger partial charge < -0.3 is 9.26 Å². The third-order valence-corrected chi connectivity index (χ3v) is 7.36. The lowest BCUT2D eigenvalue weighted by Crippen LogP contribution is -2.35. The van der Waals surface area contributed by atoms with Crippen molar-refractivity contribution in [1.82, 2.24) is 5.16 Å². The first-order valence-electron chi connectivity index (χ1n) is 11.5. The van der Waals surface area contributed by atoms with E-state index in [-0.39, 0.29) is 10.8 Å². The standard InChI is InChI=1S/C26H34N2O4S/c1-6-7-10-22-11-8-9-12-26(22)28(17-19(2)3)33(29,30)24-15-13-23(14-16-24)31-18-25-20(4)27-32-21(25)5/h8-9,11-16,19H,6-7,10,17-18H2,1-5H3. The second-order valence-electron chi connectivity index (χ2n) is 8.73. The number of unbranched alkanes of at least 4 members (excludes halogenated alkanes) is 1. The Morgan fingerprint density at radius 2 is 1.76 bits per heavy atom. The zero-order valence-electron chi connectivity index (χ0n) is 20.2. The van der Waals surface area contributed by atoms with Gasteiger partial charge in [0.05, 0.1) is 21.8 Å². The van der Waals surface area contributed by atoms with Crippen LogP contribution in [0.5, 0.6) is 5.75 Å². The summed E-state index contributed by atoms with van der Waals surface area (Å²) in [6.07, 6.45) is 2.93. The Balaban J connectivity index is 1.86. The van der Waals surface area contributed by atoms with E-state index in [0.29, 0.717) is 18.9 Å². The minimum absolute atomic E-state index is 0.177. The molecule has 0 fully saturated rings. The Labute approximate surface area is 197 Å². The van der Waals surface area contributed by atoms with Crippen LogP contribution in [0.2, 0.25) is 0 Å². The maximum atomic E-state index is 13.7. The van der Waals surface area contributed by atoms with Gasteiger partial charge in [-0.15, -0.1) is 0 Å². The fourth-order valence-corrected chi connectivity index (χ4v) is 5.35. The molecule has 1 heterocycles. The van der Waals surface area contributed by atoms with Crippen LogP contribution in [0.25, 0.3) is 0 Å². The van der Waals surface area contributed by atoms with E-state index in [9.17, 15) is 8.42 Å². The molecule has 0 bridgehead atoms. The van der Waals surface area contributed by atoms with E-state index < -0.39 is 10.0 Å². The molecular formula is C26H34N2O4S. The Morgan fingerprint density at radius 1 is 1.06 bits per heavy atom. The van der Waals surface area contributed by atoms with Crippen LogP contribution in [0, 0.1) is 19.8 Å². The first-order valence-corrected chi connectivity index (χ1v) is 12.9. The maximum absolute atomic E-state index is 13.7. The highest BCUT2D eigenvalue weighted by Crippen LogP contribution is 2.30. The van der Waals surface area contributed by atoms with Crippen LogP contribution < -0.4 is 9.04 Å². The SMILES string of the molecule is CCCCc1ccccc1N(CC(C)C)S(=O)(=O)c1ccc(OCc2c(C)noc2C)cc1. The molecule has 6 nitrogen and oxygen atoms in total. The summed E-state index contributed by atoms with van der Waals surface area (Å²) >= 11 is 0. The van der Waals surface area contributed by atoms with E-state index in [4.69, 9.17) is 9.26 Å². The molecule has 0 aliphatic carbocycles. The summed E-state index contributed by atoms with van der Waals surface area (Å²) in [6, 6.07) is 14.4. The fourth-order valence-electron chi connectivity index (χ4n) is 3.69. The number of benzene rings is 2. The molecule has 3 rings (SSSR count). The summed E-state index contributed by atoms with van der Waals surface area (Å²) in [7, 11) is -3.73. The van der Waals surface area contributed by atoms with Gasteiger partial charge in [-0.2, -0.15) is 0 Å². The molecule has 7 heteroatoms. The minimum atomic E-state index is -3.73. The number of ether oxygens (including phenoxy) is 1. The van der Waals surface area contributed by atoms with E-state index >= 15 is 0 Å². The van der Waals surface area contributed by atoms with E-state index in [0.717, 1.165) is 47.5 Å². The Kier molecular flexibility index (Phi) is 8.19. The van der Waals surface area contributed by atoms with Crippen molar-refractivity contribution in [1.29, 1.82) is 0 Å². The lowest BCUT2D eigenvalue weighted by Gasteiger charge is -2.28. The van der Waals surface area contributed by atoms with Crippen LogP contribution in [-0.2, 0) is 23.1 Å². The second-order valence-corrected chi connectivity index (χ2v) is 10.6. The van der Waals surface area contributed by atoms with Gasteiger partial charge in [0.2, 0.25) is 0 Å². The highest BCUT2D eigenvalue weighted by atomic mass is 32.2. The molecule has 0 unspecified atom stereocenters. The van der Waals surface area contributed by atoms with Gasteiger partial charge in [-0.3, -0.25) is 4.31 Å². The van der Waals surface area contributed by atoms with Crippen molar-refractivity contribution in [3.63, 3.8) is 0 Å². The van der Waals surface area contributed by atoms with Crippen LogP contribution in [0.3, 0.4) is 0 Å². The van der Waals surface area contributed by atoms with Crippen LogP contribution in [0.1, 0.15) is 56.2 Å². The van der Waals surface area contributed by atoms with Gasteiger partial charge >= 0.3 is 0 Å². The van der Waals surface area contributed by atoms with Crippen molar-refractivity contribution < 1.29 is 17.7 Å². The van der Waals surface area contributed by atoms with Gasteiger partial charge in [0, 0.05) is 6.54 Å². The lowest BCUT2D eigenvalue weighted by atomic mass is 10.1. The zero-order chi connectivity index (χ0) is 24.0. The van der Waals surface area contributed by atoms with Gasteiger partial charge in [-0.1, -0.05) is 50.5 Å². The second kappa shape index (κ2) is 10.9. The van der Waals surface area contributed by atoms with Crippen molar-refractivity contribution in [2.75, 3.05) is 10.8 Å². The number of anilines is 1. The van der Waals surface area contributed by atoms with E-state index in [1.807, 2.05) is 52.0 Å². The molecule has 0 amide bonds. The van der Waals surface area contributed by atoms with Crippen LogP contribution in [0.15, 0.2) is 57.9 Å². The number of aromatic nitrogens is 1. The molecule has 2 aromatic carbocycles. The number of nitrogens with zero attached hydrogens (tertiary/aromatic N) is 2. The van der Waals surface area contributed by atoms with Gasteiger partial charge in [-0.05, 0) is 68.5 Å². The quantitative estimate of drug-likeness (QED) is 0.340. The molecule has 0 aliphatic heterocycles. The van der Waals surface area contributed by atoms with E-state index in [2.05, 4.69) is 12.1 Å². The van der Waals surface area contributed by atoms with Gasteiger partial charge in [0.25, 0.3) is 10.0 Å². The van der Waals surface area contributed by atoms with Crippen molar-refractivity contribution >= 4 is 15.7 Å². The monoisotopic (exact) mass is 470 g/mol. The third kappa shape index (κ3) is 5.96. The third-order valence-electron chi connectivity index (χ3n) is 5.57. The number of rotatable bonds is 11. The van der Waals surface area contributed by atoms with Crippen LogP contribution in [-0.4, -0.2) is 20.1 Å². The Morgan fingerprint density at radius 3 is 2.36 bits per heavy atom. The number of aryl methyl sites for hydroxylation is 3. The summed E-state index contributed by atoms with van der Waals surface area (Å²) in [5, 5.41) is 3.93. The van der Waals surface area contributed by atoms with Gasteiger partial charge in [0.1, 0.15) is 18.1 Å². The highest BCUT2D eigenvalue weighted by Gasteiger charge is 2.27. The summed E-state index contributed by atoms with van der Waals surface area (Å²) in [5.74, 6) is 1.49. The molecule has 3 aromatic rings. The van der Waals surface area contributed by atoms with Crippen molar-refractivity contribution in [3.8, 4) is 5.75 Å². The average molecular weight is 471 g/mol. The molecule has 0 aliphatic rings. The largest absolute Gasteiger partial charge is 0.489 e. The van der Waals surface area contributed by atoms with Gasteiger partial charge in [0.15, 0.2) is 0 Å². The average Bonchev–Trinajstić information content (AvgIpc) is 3.12. The molecule has 0 spiro atoms. The Bertz CT molecular complexity index is 1130. The predicted octanol–water partition coefficient (Wildman–Crippen LogP) is 6.06. The van der Waals surface area contributed by atoms with Gasteiger partial charge in [-0.25, -0.2) is 8.42 Å². The van der Waals surface area contributed by atoms with Crippen molar-refractivity contribution in [2.24, 2.45) is 5.92 Å². The molecule has 0 saturated heterocycles. The predicted molar refractivity (Wildman–Crippen MR) is 131 cm³/mol. The Hall–Kier alpha value is -2.80. The van der Waals surface area contributed by atoms with Crippen LogP contribution in [0.4, 0.5) is 5.69 Å². The number of hydrogen-bond acceptors (Lipinski definition) is 5. The summed E-state index contributed by atoms with van der Waals surface area (Å²) in [4.78, 5) is 0.248. The summed E-state index contributed by atoms with van der Waals surface area (Å²) < 4.78 is 40.0. The minimum Gasteiger partial charge on any atom is -0.489 e. The molecule has 0 atom stereocenters. The molecular weight excluding hydrogens is 436 g/mol. The summed E-state index contributed by atoms with van der Waals surface area (Å²) in [5.41, 5.74) is 3.51. The van der Waals surface area contributed by atoms with Crippen LogP contribution >= 0.6 is 0 Å². The first kappa shape index (κ1) is 24.8. The van der Waals surface area contributed by atoms with Crippen molar-refractivity contribution in [2.45, 2.75) is 65.4 Å². The summed E-state index contributed by atoms with van der Waals surface area (Å²) in [6.45, 7) is 10.6. The van der Waals surface area contributed by atoms with E-state index in [1.54, 1.807) is 28.6 Å². The number of hydrogen-bond donors (Lipinski definition) is 0. The molecule has 0 N–H and O–H groups in total. The topological polar surface area (TPSA) is 72.6 Å². The zero-order valence-corrected chi connectivity index (χ0v) is 21.0. The lowest BCUT2D eigenvalue weighted by molar-refractivity contribution is 0.301. The van der Waals surface area contributed by atoms with E-state index in [1.165, 1.54) is 0 Å². The molecule has 1 aromatic heterocycles. The highest BCUT2D eigenvalue weighted by molar-refractivity contribution is 7.92. The maximum Gasteiger partial charge on any atom is 0.264 e.